The van der Waals surface area contributed by atoms with E-state index >= 15 is 0 Å². The highest BCUT2D eigenvalue weighted by Crippen LogP contribution is 2.44. The zero-order valence-electron chi connectivity index (χ0n) is 41.4. The Morgan fingerprint density at radius 2 is 1.03 bits per heavy atom. The number of alkyl carbamates (subject to hydrolysis) is 2. The molecule has 2 aliphatic rings. The van der Waals surface area contributed by atoms with Crippen LogP contribution in [0.2, 0.25) is 16.6 Å². The number of esters is 2. The summed E-state index contributed by atoms with van der Waals surface area (Å²) < 4.78 is 67.8. The molecule has 2 saturated heterocycles. The molecule has 2 fully saturated rings. The van der Waals surface area contributed by atoms with E-state index in [-0.39, 0.29) is 37.7 Å². The fourth-order valence-electron chi connectivity index (χ4n) is 8.41. The van der Waals surface area contributed by atoms with Crippen LogP contribution in [0.15, 0.2) is 48.5 Å². The summed E-state index contributed by atoms with van der Waals surface area (Å²) in [6.45, 7) is 27.3. The smallest absolute Gasteiger partial charge is 0.408 e. The molecule has 0 aliphatic carbocycles. The normalized spacial score (nSPS) is 24.8. The Morgan fingerprint density at radius 1 is 0.667 bits per heavy atom. The van der Waals surface area contributed by atoms with Gasteiger partial charge in [-0.2, -0.15) is 0 Å². The maximum atomic E-state index is 13.6. The van der Waals surface area contributed by atoms with Gasteiger partial charge in [0.1, 0.15) is 59.3 Å². The number of benzene rings is 2. The fourth-order valence-corrected chi connectivity index (χ4v) is 14.0. The molecule has 2 heterocycles. The van der Waals surface area contributed by atoms with E-state index in [9.17, 15) is 33.1 Å². The monoisotopic (exact) mass is 951 g/mol. The van der Waals surface area contributed by atoms with Crippen LogP contribution in [0.5, 0.6) is 0 Å². The Kier molecular flexibility index (Phi) is 21.0. The lowest BCUT2D eigenvalue weighted by Crippen LogP contribution is -2.56. The molecule has 8 atom stereocenters. The summed E-state index contributed by atoms with van der Waals surface area (Å²) in [5, 5.41) is 15.7. The van der Waals surface area contributed by atoms with Gasteiger partial charge in [0.25, 0.3) is 0 Å². The van der Waals surface area contributed by atoms with E-state index in [0.29, 0.717) is 29.5 Å². The third-order valence-electron chi connectivity index (χ3n) is 11.5. The molecule has 2 aliphatic heterocycles. The van der Waals surface area contributed by atoms with Gasteiger partial charge in [0.15, 0.2) is 0 Å². The largest absolute Gasteiger partial charge is 0.458 e. The van der Waals surface area contributed by atoms with Crippen molar-refractivity contribution in [2.24, 2.45) is 0 Å². The van der Waals surface area contributed by atoms with E-state index in [1.807, 2.05) is 6.92 Å². The van der Waals surface area contributed by atoms with Gasteiger partial charge >= 0.3 is 24.1 Å². The van der Waals surface area contributed by atoms with E-state index in [1.54, 1.807) is 72.7 Å². The first-order valence-corrected chi connectivity index (χ1v) is 25.2. The topological polar surface area (TPSA) is 177 Å². The van der Waals surface area contributed by atoms with Crippen molar-refractivity contribution in [3.8, 4) is 0 Å². The molecule has 0 aromatic heterocycles. The lowest BCUT2D eigenvalue weighted by molar-refractivity contribution is -0.159. The summed E-state index contributed by atoms with van der Waals surface area (Å²) >= 11 is 0. The van der Waals surface area contributed by atoms with Gasteiger partial charge in [-0.05, 0) is 107 Å². The van der Waals surface area contributed by atoms with Crippen LogP contribution >= 0.6 is 0 Å². The molecular weight excluding hydrogens is 875 g/mol. The van der Waals surface area contributed by atoms with Crippen LogP contribution in [0.3, 0.4) is 0 Å². The van der Waals surface area contributed by atoms with Crippen molar-refractivity contribution in [3.63, 3.8) is 0 Å². The molecule has 14 nitrogen and oxygen atoms in total. The van der Waals surface area contributed by atoms with Crippen molar-refractivity contribution in [1.82, 2.24) is 10.6 Å². The van der Waals surface area contributed by atoms with Crippen LogP contribution in [0.1, 0.15) is 121 Å². The minimum Gasteiger partial charge on any atom is -0.458 e. The van der Waals surface area contributed by atoms with Crippen molar-refractivity contribution in [2.45, 2.75) is 199 Å². The highest BCUT2D eigenvalue weighted by molar-refractivity contribution is 6.77. The zero-order chi connectivity index (χ0) is 49.7. The van der Waals surface area contributed by atoms with Gasteiger partial charge in [0.2, 0.25) is 8.32 Å². The second-order valence-corrected chi connectivity index (χ2v) is 25.5. The molecule has 0 radical (unpaired) electrons. The van der Waals surface area contributed by atoms with E-state index in [2.05, 4.69) is 52.2 Å². The van der Waals surface area contributed by atoms with Gasteiger partial charge in [-0.3, -0.25) is 0 Å². The third-order valence-corrected chi connectivity index (χ3v) is 17.6. The molecule has 2 aromatic rings. The van der Waals surface area contributed by atoms with E-state index in [1.165, 1.54) is 24.3 Å². The summed E-state index contributed by atoms with van der Waals surface area (Å²) in [5.41, 5.74) is 1.22. The molecule has 17 heteroatoms. The molecule has 66 heavy (non-hydrogen) atoms. The maximum absolute atomic E-state index is 13.6. The predicted octanol–water partition coefficient (Wildman–Crippen LogP) is 8.89. The van der Waals surface area contributed by atoms with Gasteiger partial charge in [-0.15, -0.1) is 0 Å². The van der Waals surface area contributed by atoms with Gasteiger partial charge in [0.05, 0.1) is 12.2 Å². The van der Waals surface area contributed by atoms with Crippen LogP contribution in [-0.4, -0.2) is 111 Å². The van der Waals surface area contributed by atoms with E-state index in [4.69, 9.17) is 32.8 Å². The predicted molar refractivity (Wildman–Crippen MR) is 248 cm³/mol. The number of hydrogen-bond donors (Lipinski definition) is 3. The minimum atomic E-state index is -2.39. The van der Waals surface area contributed by atoms with Gasteiger partial charge in [-0.1, -0.05) is 65.8 Å². The van der Waals surface area contributed by atoms with Gasteiger partial charge in [0, 0.05) is 38.9 Å². The number of aliphatic hydroxyl groups excluding tert-OH is 1. The summed E-state index contributed by atoms with van der Waals surface area (Å²) in [5.74, 6) is -1.86. The Bertz CT molecular complexity index is 1830. The van der Waals surface area contributed by atoms with E-state index in [0.717, 1.165) is 11.1 Å². The first-order valence-electron chi connectivity index (χ1n) is 23.1. The molecule has 0 bridgehead atoms. The number of rotatable bonds is 11. The standard InChI is InChI=1S/C29H48FNO6Si.C20H28FNO6/c1-18(2)38(19(3)4,20(5)6)37-26-21(7)35-27(32)24(31-28(33)36-29(8,9)10)15-16-34-25(26)17-22-11-13-23(30)14-12-22;1-12-17(23)16(11-13-5-7-14(21)8-6-13)26-10-9-15(18(24)27-12)22-19(25)28-20(2,3)4/h11-14,18-21,24-26H,15-17H2,1-10H3,(H,31,33);5-8,12,15-17,23H,9-11H2,1-4H3,(H,22,25)/t21-,24-,25+,26-;12-,15-,16+,17-/m00/s1. The number of ether oxygens (including phenoxy) is 6. The summed E-state index contributed by atoms with van der Waals surface area (Å²) in [7, 11) is -2.39. The third kappa shape index (κ3) is 17.5. The number of nitrogens with one attached hydrogen (secondary N) is 2. The Balaban J connectivity index is 0.000000367. The number of hydrogen-bond acceptors (Lipinski definition) is 12. The van der Waals surface area contributed by atoms with Crippen LogP contribution < -0.4 is 10.6 Å². The summed E-state index contributed by atoms with van der Waals surface area (Å²) in [4.78, 5) is 50.0. The molecule has 372 valence electrons. The van der Waals surface area contributed by atoms with Crippen molar-refractivity contribution < 1.29 is 65.9 Å². The second kappa shape index (κ2) is 24.7. The minimum absolute atomic E-state index is 0.116. The summed E-state index contributed by atoms with van der Waals surface area (Å²) in [6.07, 6.45) is -4.43. The van der Waals surface area contributed by atoms with Crippen molar-refractivity contribution in [3.05, 3.63) is 71.3 Å². The average molecular weight is 951 g/mol. The number of aliphatic hydroxyl groups is 1. The Labute approximate surface area is 391 Å². The van der Waals surface area contributed by atoms with E-state index < -0.39 is 92.4 Å². The number of amides is 2. The van der Waals surface area contributed by atoms with Crippen molar-refractivity contribution >= 4 is 32.4 Å². The Morgan fingerprint density at radius 3 is 1.41 bits per heavy atom. The van der Waals surface area contributed by atoms with Crippen molar-refractivity contribution in [1.29, 1.82) is 0 Å². The fraction of sp³-hybridized carbons (Fsp3) is 0.673. The highest BCUT2D eigenvalue weighted by Gasteiger charge is 2.50. The van der Waals surface area contributed by atoms with Crippen LogP contribution in [0.25, 0.3) is 0 Å². The number of carbonyl (C=O) groups is 4. The SMILES string of the molecule is CC(C)[Si](O[C@H]1[C@H](C)OC(=O)[C@@H](NC(=O)OC(C)(C)C)CCO[C@@H]1Cc1ccc(F)cc1)(C(C)C)C(C)C.C[C@@H]1OC(=O)[C@@H](NC(=O)OC(C)(C)C)CCO[C@H](Cc2ccc(F)cc2)[C@H]1O. The lowest BCUT2D eigenvalue weighted by atomic mass is 10.0. The highest BCUT2D eigenvalue weighted by atomic mass is 28.4. The van der Waals surface area contributed by atoms with Crippen LogP contribution in [-0.2, 0) is 55.3 Å². The molecule has 2 aromatic carbocycles. The molecule has 4 rings (SSSR count). The lowest BCUT2D eigenvalue weighted by Gasteiger charge is -2.47. The number of halogens is 2. The average Bonchev–Trinajstić information content (AvgIpc) is 3.26. The quantitative estimate of drug-likeness (QED) is 0.111. The Hall–Kier alpha value is -4.16. The zero-order valence-corrected chi connectivity index (χ0v) is 42.4. The molecule has 3 N–H and O–H groups in total. The second-order valence-electron chi connectivity index (χ2n) is 20.1. The molecular formula is C49H76F2N2O12Si. The first-order chi connectivity index (χ1) is 30.6. The number of cyclic esters (lactones) is 2. The molecule has 0 unspecified atom stereocenters. The van der Waals surface area contributed by atoms with Crippen molar-refractivity contribution in [2.75, 3.05) is 13.2 Å². The van der Waals surface area contributed by atoms with Crippen LogP contribution in [0, 0.1) is 11.6 Å². The first kappa shape index (κ1) is 56.2. The van der Waals surface area contributed by atoms with Crippen LogP contribution in [0.4, 0.5) is 18.4 Å². The van der Waals surface area contributed by atoms with Gasteiger partial charge < -0.3 is 48.6 Å². The summed E-state index contributed by atoms with van der Waals surface area (Å²) in [6, 6.07) is 10.4. The molecule has 2 amide bonds. The molecule has 0 spiro atoms. The maximum Gasteiger partial charge on any atom is 0.408 e. The number of carbonyl (C=O) groups excluding carboxylic acids is 4. The molecule has 0 saturated carbocycles. The van der Waals surface area contributed by atoms with Gasteiger partial charge in [-0.25, -0.2) is 28.0 Å².